The van der Waals surface area contributed by atoms with Crippen LogP contribution in [0.25, 0.3) is 10.9 Å². The van der Waals surface area contributed by atoms with Crippen LogP contribution in [0.4, 0.5) is 0 Å². The van der Waals surface area contributed by atoms with Crippen molar-refractivity contribution >= 4 is 32.8 Å². The molecule has 0 aliphatic carbocycles. The molecule has 102 valence electrons. The van der Waals surface area contributed by atoms with E-state index in [2.05, 4.69) is 15.9 Å². The van der Waals surface area contributed by atoms with Gasteiger partial charge in [-0.15, -0.1) is 0 Å². The smallest absolute Gasteiger partial charge is 0.320 e. The third-order valence-corrected chi connectivity index (χ3v) is 4.17. The number of nitrogens with two attached hydrogens (primary N) is 1. The molecule has 0 amide bonds. The molecule has 3 N–H and O–H groups in total. The zero-order valence-electron chi connectivity index (χ0n) is 10.7. The van der Waals surface area contributed by atoms with Gasteiger partial charge in [0.05, 0.1) is 17.2 Å². The predicted molar refractivity (Wildman–Crippen MR) is 76.5 cm³/mol. The third kappa shape index (κ3) is 2.33. The Labute approximate surface area is 119 Å². The molecule has 1 unspecified atom stereocenters. The highest BCUT2D eigenvalue weighted by atomic mass is 79.9. The van der Waals surface area contributed by atoms with Crippen LogP contribution in [-0.4, -0.2) is 28.8 Å². The van der Waals surface area contributed by atoms with Gasteiger partial charge in [-0.05, 0) is 27.6 Å². The number of rotatable bonds is 4. The number of halogens is 1. The van der Waals surface area contributed by atoms with Crippen molar-refractivity contribution in [2.75, 3.05) is 7.11 Å². The first-order valence-corrected chi connectivity index (χ1v) is 6.54. The molecule has 6 heteroatoms. The van der Waals surface area contributed by atoms with E-state index in [1.54, 1.807) is 7.11 Å². The molecule has 2 rings (SSSR count). The van der Waals surface area contributed by atoms with Gasteiger partial charge in [0.2, 0.25) is 0 Å². The molecule has 0 aliphatic heterocycles. The van der Waals surface area contributed by atoms with E-state index in [9.17, 15) is 4.79 Å². The molecule has 0 bridgehead atoms. The molecule has 5 nitrogen and oxygen atoms in total. The zero-order chi connectivity index (χ0) is 14.2. The Morgan fingerprint density at radius 3 is 2.84 bits per heavy atom. The fourth-order valence-electron chi connectivity index (χ4n) is 2.19. The molecule has 0 saturated heterocycles. The average molecular weight is 327 g/mol. The van der Waals surface area contributed by atoms with Crippen LogP contribution in [0.5, 0.6) is 5.75 Å². The summed E-state index contributed by atoms with van der Waals surface area (Å²) in [6.07, 6.45) is 0.264. The molecule has 0 radical (unpaired) electrons. The maximum Gasteiger partial charge on any atom is 0.320 e. The summed E-state index contributed by atoms with van der Waals surface area (Å²) in [7, 11) is 3.50. The molecule has 19 heavy (non-hydrogen) atoms. The second kappa shape index (κ2) is 5.22. The number of hydrogen-bond acceptors (Lipinski definition) is 3. The van der Waals surface area contributed by atoms with Gasteiger partial charge in [-0.25, -0.2) is 0 Å². The first kappa shape index (κ1) is 13.9. The highest BCUT2D eigenvalue weighted by Gasteiger charge is 2.21. The summed E-state index contributed by atoms with van der Waals surface area (Å²) in [5.74, 6) is -0.261. The molecule has 1 heterocycles. The molecule has 1 aromatic carbocycles. The summed E-state index contributed by atoms with van der Waals surface area (Å²) < 4.78 is 8.09. The van der Waals surface area contributed by atoms with Crippen molar-refractivity contribution in [3.63, 3.8) is 0 Å². The highest BCUT2D eigenvalue weighted by molar-refractivity contribution is 9.10. The molecular formula is C13H15BrN2O3. The first-order chi connectivity index (χ1) is 8.97. The van der Waals surface area contributed by atoms with Crippen molar-refractivity contribution in [3.8, 4) is 5.75 Å². The molecule has 1 atom stereocenters. The van der Waals surface area contributed by atoms with Crippen molar-refractivity contribution in [1.29, 1.82) is 0 Å². The maximum atomic E-state index is 10.9. The van der Waals surface area contributed by atoms with Crippen molar-refractivity contribution < 1.29 is 14.6 Å². The van der Waals surface area contributed by atoms with E-state index in [1.807, 2.05) is 29.8 Å². The van der Waals surface area contributed by atoms with E-state index in [0.29, 0.717) is 0 Å². The number of carbonyl (C=O) groups is 1. The Hall–Kier alpha value is -1.53. The number of nitrogens with zero attached hydrogens (tertiary/aromatic N) is 1. The quantitative estimate of drug-likeness (QED) is 0.899. The standard InChI is InChI=1S/C13H15BrN2O3/c1-16-11-7(4-3-5-10(11)19-2)8(12(16)14)6-9(15)13(17)18/h3-5,9H,6,15H2,1-2H3,(H,17,18). The van der Waals surface area contributed by atoms with Crippen LogP contribution in [0.2, 0.25) is 0 Å². The number of benzene rings is 1. The molecular weight excluding hydrogens is 312 g/mol. The van der Waals surface area contributed by atoms with E-state index < -0.39 is 12.0 Å². The average Bonchev–Trinajstić information content (AvgIpc) is 2.63. The van der Waals surface area contributed by atoms with Crippen LogP contribution >= 0.6 is 15.9 Å². The van der Waals surface area contributed by atoms with Gasteiger partial charge in [0.25, 0.3) is 0 Å². The van der Waals surface area contributed by atoms with Gasteiger partial charge in [-0.2, -0.15) is 0 Å². The number of ether oxygens (including phenoxy) is 1. The number of aliphatic carboxylic acids is 1. The Bertz CT molecular complexity index is 636. The molecule has 0 fully saturated rings. The monoisotopic (exact) mass is 326 g/mol. The van der Waals surface area contributed by atoms with E-state index in [1.165, 1.54) is 0 Å². The number of aryl methyl sites for hydroxylation is 1. The fraction of sp³-hybridized carbons (Fsp3) is 0.308. The summed E-state index contributed by atoms with van der Waals surface area (Å²) in [4.78, 5) is 10.9. The summed E-state index contributed by atoms with van der Waals surface area (Å²) >= 11 is 3.49. The van der Waals surface area contributed by atoms with Crippen LogP contribution < -0.4 is 10.5 Å². The second-order valence-corrected chi connectivity index (χ2v) is 5.08. The molecule has 0 saturated carbocycles. The van der Waals surface area contributed by atoms with Gasteiger partial charge in [0, 0.05) is 18.9 Å². The minimum atomic E-state index is -1.01. The van der Waals surface area contributed by atoms with Crippen LogP contribution in [0.15, 0.2) is 22.8 Å². The zero-order valence-corrected chi connectivity index (χ0v) is 12.3. The van der Waals surface area contributed by atoms with Crippen LogP contribution in [0.1, 0.15) is 5.56 Å². The van der Waals surface area contributed by atoms with Crippen molar-refractivity contribution in [1.82, 2.24) is 4.57 Å². The Morgan fingerprint density at radius 1 is 1.58 bits per heavy atom. The lowest BCUT2D eigenvalue weighted by Gasteiger charge is -2.06. The van der Waals surface area contributed by atoms with Gasteiger partial charge >= 0.3 is 5.97 Å². The minimum Gasteiger partial charge on any atom is -0.495 e. The second-order valence-electron chi connectivity index (χ2n) is 4.33. The normalized spacial score (nSPS) is 12.6. The van der Waals surface area contributed by atoms with E-state index in [0.717, 1.165) is 26.8 Å². The summed E-state index contributed by atoms with van der Waals surface area (Å²) in [5, 5.41) is 9.89. The van der Waals surface area contributed by atoms with E-state index >= 15 is 0 Å². The van der Waals surface area contributed by atoms with Gasteiger partial charge < -0.3 is 20.1 Å². The Balaban J connectivity index is 2.62. The van der Waals surface area contributed by atoms with E-state index in [4.69, 9.17) is 15.6 Å². The number of aromatic nitrogens is 1. The molecule has 0 spiro atoms. The largest absolute Gasteiger partial charge is 0.495 e. The lowest BCUT2D eigenvalue weighted by Crippen LogP contribution is -2.32. The van der Waals surface area contributed by atoms with Gasteiger partial charge in [-0.1, -0.05) is 12.1 Å². The van der Waals surface area contributed by atoms with Gasteiger partial charge in [-0.3, -0.25) is 4.79 Å². The minimum absolute atomic E-state index is 0.264. The van der Waals surface area contributed by atoms with Gasteiger partial charge in [0.1, 0.15) is 11.8 Å². The first-order valence-electron chi connectivity index (χ1n) is 5.75. The third-order valence-electron chi connectivity index (χ3n) is 3.16. The molecule has 1 aromatic heterocycles. The SMILES string of the molecule is COc1cccc2c(CC(N)C(=O)O)c(Br)n(C)c12. The number of para-hydroxylation sites is 1. The Morgan fingerprint density at radius 2 is 2.26 bits per heavy atom. The number of hydrogen-bond donors (Lipinski definition) is 2. The van der Waals surface area contributed by atoms with Crippen molar-refractivity contribution in [3.05, 3.63) is 28.4 Å². The summed E-state index contributed by atoms with van der Waals surface area (Å²) in [6, 6.07) is 4.76. The Kier molecular flexibility index (Phi) is 3.82. The lowest BCUT2D eigenvalue weighted by atomic mass is 10.1. The summed E-state index contributed by atoms with van der Waals surface area (Å²) in [5.41, 5.74) is 7.43. The fourth-order valence-corrected chi connectivity index (χ4v) is 2.74. The molecule has 0 aliphatic rings. The van der Waals surface area contributed by atoms with Crippen LogP contribution in [0.3, 0.4) is 0 Å². The van der Waals surface area contributed by atoms with Crippen LogP contribution in [-0.2, 0) is 18.3 Å². The van der Waals surface area contributed by atoms with Gasteiger partial charge in [0.15, 0.2) is 0 Å². The highest BCUT2D eigenvalue weighted by Crippen LogP contribution is 2.35. The maximum absolute atomic E-state index is 10.9. The van der Waals surface area contributed by atoms with E-state index in [-0.39, 0.29) is 6.42 Å². The topological polar surface area (TPSA) is 77.5 Å². The van der Waals surface area contributed by atoms with Crippen LogP contribution in [0, 0.1) is 0 Å². The lowest BCUT2D eigenvalue weighted by molar-refractivity contribution is -0.138. The van der Waals surface area contributed by atoms with Crippen molar-refractivity contribution in [2.45, 2.75) is 12.5 Å². The molecule has 2 aromatic rings. The number of carboxylic acids is 1. The summed E-state index contributed by atoms with van der Waals surface area (Å²) in [6.45, 7) is 0. The number of carboxylic acid groups (broad SMARTS) is 1. The predicted octanol–water partition coefficient (Wildman–Crippen LogP) is 1.90. The number of fused-ring (bicyclic) bond motifs is 1. The van der Waals surface area contributed by atoms with Crippen molar-refractivity contribution in [2.24, 2.45) is 12.8 Å². The number of methoxy groups -OCH3 is 1.